The molecule has 0 atom stereocenters. The van der Waals surface area contributed by atoms with Crippen molar-refractivity contribution in [2.24, 2.45) is 0 Å². The largest absolute Gasteiger partial charge is 0.496 e. The van der Waals surface area contributed by atoms with Crippen LogP contribution in [0, 0.1) is 6.92 Å². The lowest BCUT2D eigenvalue weighted by Crippen LogP contribution is -2.08. The van der Waals surface area contributed by atoms with Crippen LogP contribution in [0.4, 0.5) is 5.82 Å². The van der Waals surface area contributed by atoms with Crippen LogP contribution in [0.2, 0.25) is 5.15 Å². The third-order valence-corrected chi connectivity index (χ3v) is 4.14. The lowest BCUT2D eigenvalue weighted by Gasteiger charge is -2.15. The van der Waals surface area contributed by atoms with E-state index in [4.69, 9.17) is 16.3 Å². The van der Waals surface area contributed by atoms with Crippen LogP contribution >= 0.6 is 11.6 Å². The van der Waals surface area contributed by atoms with Gasteiger partial charge in [-0.25, -0.2) is 9.97 Å². The van der Waals surface area contributed by atoms with Crippen LogP contribution in [0.25, 0.3) is 10.8 Å². The van der Waals surface area contributed by atoms with Crippen molar-refractivity contribution in [3.05, 3.63) is 59.0 Å². The van der Waals surface area contributed by atoms with Gasteiger partial charge in [-0.2, -0.15) is 0 Å². The Morgan fingerprint density at radius 2 is 2.00 bits per heavy atom. The molecule has 1 N–H and O–H groups in total. The van der Waals surface area contributed by atoms with Crippen LogP contribution in [0.5, 0.6) is 5.75 Å². The van der Waals surface area contributed by atoms with Crippen LogP contribution in [-0.4, -0.2) is 23.6 Å². The summed E-state index contributed by atoms with van der Waals surface area (Å²) in [4.78, 5) is 8.02. The molecule has 4 nitrogen and oxygen atoms in total. The zero-order chi connectivity index (χ0) is 16.2. The van der Waals surface area contributed by atoms with Gasteiger partial charge in [-0.3, -0.25) is 0 Å². The Bertz CT molecular complexity index is 836. The van der Waals surface area contributed by atoms with Crippen molar-refractivity contribution in [2.75, 3.05) is 19.0 Å². The summed E-state index contributed by atoms with van der Waals surface area (Å²) in [5.41, 5.74) is 2.46. The summed E-state index contributed by atoms with van der Waals surface area (Å²) in [6, 6.07) is 12.2. The van der Waals surface area contributed by atoms with Crippen LogP contribution in [0.3, 0.4) is 0 Å². The summed E-state index contributed by atoms with van der Waals surface area (Å²) in [7, 11) is 1.71. The normalized spacial score (nSPS) is 10.7. The van der Waals surface area contributed by atoms with Gasteiger partial charge < -0.3 is 10.1 Å². The highest BCUT2D eigenvalue weighted by atomic mass is 35.5. The fourth-order valence-corrected chi connectivity index (χ4v) is 2.93. The molecular weight excluding hydrogens is 310 g/mol. The summed E-state index contributed by atoms with van der Waals surface area (Å²) in [6.45, 7) is 2.88. The Kier molecular flexibility index (Phi) is 4.63. The number of aromatic nitrogens is 2. The van der Waals surface area contributed by atoms with Crippen molar-refractivity contribution in [3.8, 4) is 5.75 Å². The molecule has 0 spiro atoms. The zero-order valence-corrected chi connectivity index (χ0v) is 13.9. The molecule has 0 saturated carbocycles. The summed E-state index contributed by atoms with van der Waals surface area (Å²) in [5, 5.41) is 6.16. The molecule has 3 rings (SSSR count). The van der Waals surface area contributed by atoms with Gasteiger partial charge in [-0.1, -0.05) is 35.9 Å². The van der Waals surface area contributed by atoms with Gasteiger partial charge in [-0.05, 0) is 41.3 Å². The van der Waals surface area contributed by atoms with Gasteiger partial charge in [-0.15, -0.1) is 0 Å². The number of hydrogen-bond acceptors (Lipinski definition) is 4. The lowest BCUT2D eigenvalue weighted by atomic mass is 9.97. The predicted octanol–water partition coefficient (Wildman–Crippen LogP) is 4.25. The first kappa shape index (κ1) is 15.6. The average molecular weight is 328 g/mol. The number of hydrogen-bond donors (Lipinski definition) is 1. The first-order valence-electron chi connectivity index (χ1n) is 7.45. The topological polar surface area (TPSA) is 47.0 Å². The highest BCUT2D eigenvalue weighted by molar-refractivity contribution is 6.29. The molecule has 0 radical (unpaired) electrons. The maximum absolute atomic E-state index is 5.87. The quantitative estimate of drug-likeness (QED) is 0.711. The van der Waals surface area contributed by atoms with Crippen molar-refractivity contribution in [1.82, 2.24) is 9.97 Å². The van der Waals surface area contributed by atoms with Crippen LogP contribution in [0.1, 0.15) is 11.1 Å². The Morgan fingerprint density at radius 3 is 2.78 bits per heavy atom. The molecule has 3 aromatic rings. The highest BCUT2D eigenvalue weighted by Crippen LogP contribution is 2.30. The smallest absolute Gasteiger partial charge is 0.134 e. The molecule has 0 unspecified atom stereocenters. The van der Waals surface area contributed by atoms with Crippen molar-refractivity contribution in [2.45, 2.75) is 13.3 Å². The van der Waals surface area contributed by atoms with Gasteiger partial charge in [0.1, 0.15) is 23.0 Å². The molecule has 0 bridgehead atoms. The molecule has 23 heavy (non-hydrogen) atoms. The number of benzene rings is 2. The average Bonchev–Trinajstić information content (AvgIpc) is 2.57. The number of anilines is 1. The molecule has 0 aliphatic heterocycles. The summed E-state index contributed by atoms with van der Waals surface area (Å²) in [6.07, 6.45) is 2.29. The Balaban J connectivity index is 1.83. The van der Waals surface area contributed by atoms with E-state index in [0.29, 0.717) is 5.15 Å². The zero-order valence-electron chi connectivity index (χ0n) is 13.1. The minimum Gasteiger partial charge on any atom is -0.496 e. The maximum Gasteiger partial charge on any atom is 0.134 e. The van der Waals surface area contributed by atoms with Crippen LogP contribution < -0.4 is 10.1 Å². The second-order valence-corrected chi connectivity index (χ2v) is 5.69. The van der Waals surface area contributed by atoms with E-state index in [2.05, 4.69) is 46.5 Å². The molecule has 1 aromatic heterocycles. The molecule has 0 aliphatic carbocycles. The van der Waals surface area contributed by atoms with Gasteiger partial charge in [0.15, 0.2) is 0 Å². The monoisotopic (exact) mass is 327 g/mol. The van der Waals surface area contributed by atoms with Crippen LogP contribution in [0.15, 0.2) is 42.7 Å². The van der Waals surface area contributed by atoms with Crippen molar-refractivity contribution in [3.63, 3.8) is 0 Å². The van der Waals surface area contributed by atoms with E-state index in [-0.39, 0.29) is 0 Å². The van der Waals surface area contributed by atoms with Crippen molar-refractivity contribution in [1.29, 1.82) is 0 Å². The molecule has 0 aliphatic rings. The van der Waals surface area contributed by atoms with E-state index >= 15 is 0 Å². The SMILES string of the molecule is COc1cc2ccccc2c(C)c1CCNc1cc(Cl)ncn1. The van der Waals surface area contributed by atoms with Gasteiger partial charge in [0.05, 0.1) is 7.11 Å². The summed E-state index contributed by atoms with van der Waals surface area (Å²) >= 11 is 5.87. The van der Waals surface area contributed by atoms with E-state index in [1.54, 1.807) is 13.2 Å². The summed E-state index contributed by atoms with van der Waals surface area (Å²) in [5.74, 6) is 1.64. The number of halogens is 1. The lowest BCUT2D eigenvalue weighted by molar-refractivity contribution is 0.410. The summed E-state index contributed by atoms with van der Waals surface area (Å²) < 4.78 is 5.58. The molecule has 1 heterocycles. The molecule has 118 valence electrons. The second kappa shape index (κ2) is 6.84. The fraction of sp³-hybridized carbons (Fsp3) is 0.222. The fourth-order valence-electron chi connectivity index (χ4n) is 2.78. The van der Waals surface area contributed by atoms with E-state index < -0.39 is 0 Å². The first-order chi connectivity index (χ1) is 11.2. The minimum absolute atomic E-state index is 0.432. The Hall–Kier alpha value is -2.33. The van der Waals surface area contributed by atoms with Gasteiger partial charge in [0, 0.05) is 12.6 Å². The molecule has 0 fully saturated rings. The number of nitrogens with one attached hydrogen (secondary N) is 1. The number of fused-ring (bicyclic) bond motifs is 1. The van der Waals surface area contributed by atoms with Gasteiger partial charge in [0.2, 0.25) is 0 Å². The highest BCUT2D eigenvalue weighted by Gasteiger charge is 2.10. The predicted molar refractivity (Wildman–Crippen MR) is 94.5 cm³/mol. The number of methoxy groups -OCH3 is 1. The number of ether oxygens (including phenoxy) is 1. The Labute approximate surface area is 140 Å². The number of rotatable bonds is 5. The van der Waals surface area contributed by atoms with Crippen molar-refractivity contribution >= 4 is 28.2 Å². The van der Waals surface area contributed by atoms with E-state index in [0.717, 1.165) is 24.5 Å². The van der Waals surface area contributed by atoms with Crippen LogP contribution in [-0.2, 0) is 6.42 Å². The number of nitrogens with zero attached hydrogens (tertiary/aromatic N) is 2. The minimum atomic E-state index is 0.432. The number of aryl methyl sites for hydroxylation is 1. The molecular formula is C18H18ClN3O. The molecule has 2 aromatic carbocycles. The van der Waals surface area contributed by atoms with Gasteiger partial charge >= 0.3 is 0 Å². The van der Waals surface area contributed by atoms with E-state index in [1.807, 2.05) is 6.07 Å². The standard InChI is InChI=1S/C18H18ClN3O/c1-12-14-6-4-3-5-13(14)9-16(23-2)15(12)7-8-20-18-10-17(19)21-11-22-18/h3-6,9-11H,7-8H2,1-2H3,(H,20,21,22). The third-order valence-electron chi connectivity index (χ3n) is 3.94. The third kappa shape index (κ3) is 3.37. The molecule has 0 saturated heterocycles. The van der Waals surface area contributed by atoms with E-state index in [9.17, 15) is 0 Å². The molecule has 0 amide bonds. The first-order valence-corrected chi connectivity index (χ1v) is 7.83. The van der Waals surface area contributed by atoms with Gasteiger partial charge in [0.25, 0.3) is 0 Å². The maximum atomic E-state index is 5.87. The van der Waals surface area contributed by atoms with Crippen molar-refractivity contribution < 1.29 is 4.74 Å². The second-order valence-electron chi connectivity index (χ2n) is 5.31. The van der Waals surface area contributed by atoms with E-state index in [1.165, 1.54) is 28.2 Å². The Morgan fingerprint density at radius 1 is 1.17 bits per heavy atom. The molecule has 5 heteroatoms.